The Hall–Kier alpha value is 4.36. The Balaban J connectivity index is 4.52. The zero-order valence-electron chi connectivity index (χ0n) is 15.3. The molecule has 0 amide bonds. The second-order valence-corrected chi connectivity index (χ2v) is 26.4. The minimum absolute atomic E-state index is 0.117. The second kappa shape index (κ2) is 15.4. The Labute approximate surface area is 259 Å². The molecule has 0 saturated heterocycles. The van der Waals surface area contributed by atoms with Crippen LogP contribution in [-0.4, -0.2) is 40.6 Å². The normalized spacial score (nSPS) is 11.5. The van der Waals surface area contributed by atoms with Crippen molar-refractivity contribution in [3.05, 3.63) is 30.6 Å². The molecule has 0 radical (unpaired) electrons. The highest BCUT2D eigenvalue weighted by Gasteiger charge is 2.38. The Kier molecular flexibility index (Phi) is 16.7. The monoisotopic (exact) mass is 1390 g/mol. The number of alkyl halides is 2. The molecular formula is C19H21I9. The van der Waals surface area contributed by atoms with Crippen molar-refractivity contribution in [2.45, 2.75) is 8.35 Å². The summed E-state index contributed by atoms with van der Waals surface area (Å²) in [5, 5.41) is 0. The summed E-state index contributed by atoms with van der Waals surface area (Å²) in [5.74, 6) is 0. The summed E-state index contributed by atoms with van der Waals surface area (Å²) in [6, 6.07) is 0. The summed E-state index contributed by atoms with van der Waals surface area (Å²) < 4.78 is 49.9. The van der Waals surface area contributed by atoms with Crippen LogP contribution in [0.2, 0.25) is 0 Å². The van der Waals surface area contributed by atoms with E-state index in [-0.39, 0.29) is 188 Å². The van der Waals surface area contributed by atoms with Gasteiger partial charge in [-0.3, -0.25) is 0 Å². The highest BCUT2D eigenvalue weighted by atomic mass is 127. The van der Waals surface area contributed by atoms with Gasteiger partial charge in [0.2, 0.25) is 0 Å². The van der Waals surface area contributed by atoms with Crippen LogP contribution in [0.15, 0.2) is 5.17 Å². The van der Waals surface area contributed by atoms with Crippen molar-refractivity contribution >= 4 is 227 Å². The van der Waals surface area contributed by atoms with Crippen molar-refractivity contribution in [1.29, 1.82) is 0 Å². The first-order valence-electron chi connectivity index (χ1n) is 6.86. The molecule has 0 aliphatic heterocycles. The smallest absolute Gasteiger partial charge is 0.103 e. The molecule has 0 nitrogen and oxygen atoms in total. The summed E-state index contributed by atoms with van der Waals surface area (Å²) in [6.45, 7) is 2.32. The van der Waals surface area contributed by atoms with Gasteiger partial charge in [0.1, 0.15) is 1.43 Å². The van der Waals surface area contributed by atoms with E-state index in [1.165, 1.54) is 5.56 Å². The fourth-order valence-electron chi connectivity index (χ4n) is 2.39. The topological polar surface area (TPSA) is 0 Å². The van der Waals surface area contributed by atoms with Crippen LogP contribution < -0.4 is 0 Å². The molecule has 0 N–H and O–H groups in total. The molecule has 160 valence electrons. The maximum Gasteiger partial charge on any atom is 0.121 e. The average Bonchev–Trinajstić information content (AvgIpc) is 2.73. The van der Waals surface area contributed by atoms with Crippen molar-refractivity contribution in [1.82, 2.24) is 0 Å². The Morgan fingerprint density at radius 3 is 1.25 bits per heavy atom. The third-order valence-corrected chi connectivity index (χ3v) is 34.1. The molecule has 1 aromatic carbocycles. The first kappa shape index (κ1) is 30.4. The van der Waals surface area contributed by atoms with Gasteiger partial charge in [-0.15, -0.1) is 41.5 Å². The van der Waals surface area contributed by atoms with Crippen LogP contribution in [0.1, 0.15) is 11.1 Å². The lowest BCUT2D eigenvalue weighted by molar-refractivity contribution is 1.15. The van der Waals surface area contributed by atoms with Crippen LogP contribution in [-0.2, 0) is 1.43 Å². The lowest BCUT2D eigenvalue weighted by atomic mass is 10.1. The maximum atomic E-state index is 4.62. The third-order valence-electron chi connectivity index (χ3n) is 3.51. The second-order valence-electron chi connectivity index (χ2n) is 4.61. The molecule has 0 fully saturated rings. The number of halogens is 9. The van der Waals surface area contributed by atoms with Gasteiger partial charge in [0, 0.05) is 23.4 Å². The summed E-state index contributed by atoms with van der Waals surface area (Å²) in [7, 11) is 0. The molecule has 1 aromatic rings. The van der Waals surface area contributed by atoms with Gasteiger partial charge in [-0.1, -0.05) is 186 Å². The number of benzene rings is 1. The van der Waals surface area contributed by atoms with Crippen molar-refractivity contribution in [2.24, 2.45) is 0 Å². The van der Waals surface area contributed by atoms with Gasteiger partial charge in [0.15, 0.2) is 0 Å². The summed E-state index contributed by atoms with van der Waals surface area (Å²) in [4.78, 5) is 0. The number of rotatable bonds is 11. The number of hydrogen-bond acceptors (Lipinski definition) is 0. The van der Waals surface area contributed by atoms with Crippen molar-refractivity contribution in [3.8, 4) is 0 Å². The first-order chi connectivity index (χ1) is 13.4. The van der Waals surface area contributed by atoms with E-state index in [4.69, 9.17) is 0 Å². The highest BCUT2D eigenvalue weighted by molar-refractivity contribution is 14.3. The summed E-state index contributed by atoms with van der Waals surface area (Å²) >= 11 is -2.24. The quantitative estimate of drug-likeness (QED) is 0.118. The van der Waals surface area contributed by atoms with Gasteiger partial charge in [-0.05, 0) is 12.5 Å². The predicted molar refractivity (Wildman–Crippen MR) is 225 cm³/mol. The highest BCUT2D eigenvalue weighted by Crippen LogP contribution is 2.61. The van der Waals surface area contributed by atoms with Crippen LogP contribution >= 0.6 is 187 Å². The van der Waals surface area contributed by atoms with E-state index in [1.54, 1.807) is 25.0 Å². The van der Waals surface area contributed by atoms with E-state index >= 15 is 0 Å². The van der Waals surface area contributed by atoms with E-state index < -0.39 is 0 Å². The lowest BCUT2D eigenvalue weighted by Gasteiger charge is -2.32. The fourth-order valence-corrected chi connectivity index (χ4v) is 34.3. The molecule has 0 aliphatic rings. The summed E-state index contributed by atoms with van der Waals surface area (Å²) in [5.41, 5.74) is 3.12. The molecule has 0 aromatic heterocycles. The third kappa shape index (κ3) is 6.32. The standard InChI is InChI=1S/C19H21I9/c1-11-13(20-2)15(22-4)12(16(23-5)14(11)21-3)19(27-9,28-10)17(24-6)18(25-7)26-8/h2-10H2,1H3. The molecule has 0 spiro atoms. The molecular weight excluding hydrogens is 1370 g/mol. The zero-order chi connectivity index (χ0) is 21.5. The minimum atomic E-state index is -0.299. The van der Waals surface area contributed by atoms with Crippen LogP contribution in [0.25, 0.3) is 0 Å². The number of allylic oxidation sites excluding steroid dienone is 1. The van der Waals surface area contributed by atoms with Crippen molar-refractivity contribution in [3.63, 3.8) is 0 Å². The molecule has 0 aliphatic carbocycles. The van der Waals surface area contributed by atoms with E-state index in [0.717, 1.165) is 0 Å². The Morgan fingerprint density at radius 1 is 0.607 bits per heavy atom. The Morgan fingerprint density at radius 2 is 1.00 bits per heavy atom. The number of hydrogen-bond donors (Lipinski definition) is 0. The van der Waals surface area contributed by atoms with Crippen LogP contribution in [0.5, 0.6) is 0 Å². The molecule has 0 heterocycles. The van der Waals surface area contributed by atoms with Crippen LogP contribution in [0.3, 0.4) is 0 Å². The van der Waals surface area contributed by atoms with E-state index in [1.807, 2.05) is 0 Å². The zero-order valence-corrected chi connectivity index (χ0v) is 34.7. The first-order valence-corrected chi connectivity index (χ1v) is 30.3. The maximum absolute atomic E-state index is 4.62. The van der Waals surface area contributed by atoms with Gasteiger partial charge in [-0.25, -0.2) is 0 Å². The van der Waals surface area contributed by atoms with Gasteiger partial charge >= 0.3 is 0 Å². The average molecular weight is 1390 g/mol. The Bertz CT molecular complexity index is 892. The van der Waals surface area contributed by atoms with Gasteiger partial charge in [-0.2, -0.15) is 0 Å². The minimum Gasteiger partial charge on any atom is -0.103 e. The molecule has 0 unspecified atom stereocenters. The SMILES string of the molecule is C=IC(I=C)=C(I=C)C(I=C)(I=C)c1c(I=C)c(I=C)c(C)c(I=C)c1I=C. The summed E-state index contributed by atoms with van der Waals surface area (Å²) in [6.07, 6.45) is 0. The predicted octanol–water partition coefficient (Wildman–Crippen LogP) is 8.62. The van der Waals surface area contributed by atoms with E-state index in [9.17, 15) is 0 Å². The van der Waals surface area contributed by atoms with Gasteiger partial charge in [0.25, 0.3) is 0 Å². The van der Waals surface area contributed by atoms with E-state index in [2.05, 4.69) is 47.6 Å². The van der Waals surface area contributed by atoms with Gasteiger partial charge < -0.3 is 0 Å². The van der Waals surface area contributed by atoms with Crippen LogP contribution in [0, 0.1) is 21.2 Å². The molecule has 0 saturated carbocycles. The van der Waals surface area contributed by atoms with Gasteiger partial charge in [0.05, 0.1) is 1.59 Å². The molecule has 9 heteroatoms. The molecule has 0 atom stereocenters. The molecule has 28 heavy (non-hydrogen) atoms. The molecule has 0 bridgehead atoms. The van der Waals surface area contributed by atoms with E-state index in [0.29, 0.717) is 0 Å². The fraction of sp³-hybridized carbons (Fsp3) is 0.105. The van der Waals surface area contributed by atoms with Crippen molar-refractivity contribution < 1.29 is 0 Å². The van der Waals surface area contributed by atoms with Crippen molar-refractivity contribution in [2.75, 3.05) is 0 Å². The lowest BCUT2D eigenvalue weighted by Crippen LogP contribution is -2.19. The largest absolute Gasteiger partial charge is 0.121 e. The molecule has 1 rings (SSSR count). The van der Waals surface area contributed by atoms with Crippen LogP contribution in [0.4, 0.5) is 0 Å².